The Morgan fingerprint density at radius 3 is 2.55 bits per heavy atom. The number of anilines is 1. The third-order valence-corrected chi connectivity index (χ3v) is 6.78. The van der Waals surface area contributed by atoms with Gasteiger partial charge >= 0.3 is 6.18 Å². The van der Waals surface area contributed by atoms with E-state index in [1.54, 1.807) is 4.57 Å². The lowest BCUT2D eigenvalue weighted by molar-refractivity contribution is -0.137. The second kappa shape index (κ2) is 8.99. The number of nitrogens with zero attached hydrogens (tertiary/aromatic N) is 3. The molecule has 170 valence electrons. The molecule has 1 aromatic carbocycles. The van der Waals surface area contributed by atoms with Crippen LogP contribution in [0.3, 0.4) is 0 Å². The third kappa shape index (κ3) is 5.65. The predicted molar refractivity (Wildman–Crippen MR) is 109 cm³/mol. The van der Waals surface area contributed by atoms with Gasteiger partial charge in [0.2, 0.25) is 5.91 Å². The van der Waals surface area contributed by atoms with E-state index < -0.39 is 33.6 Å². The number of imidazole rings is 1. The molecule has 0 spiro atoms. The molecule has 1 aliphatic rings. The van der Waals surface area contributed by atoms with Crippen LogP contribution in [-0.4, -0.2) is 41.3 Å². The van der Waals surface area contributed by atoms with Gasteiger partial charge in [0.15, 0.2) is 5.03 Å². The molecule has 11 heteroatoms. The van der Waals surface area contributed by atoms with Crippen LogP contribution in [0.5, 0.6) is 0 Å². The number of sulfonamides is 1. The number of benzene rings is 1. The molecule has 1 aliphatic heterocycles. The molecule has 2 aromatic rings. The quantitative estimate of drug-likeness (QED) is 0.717. The number of halogens is 3. The standard InChI is InChI=1S/C20H25F3N4O3S/c1-14(2)10-26-12-18(24-13-26)31(29,30)27-9-3-4-15(11-27)19(28)25-17-7-5-16(6-8-17)20(21,22)23/h5-8,12-15H,3-4,9-11H2,1-2H3,(H,25,28)/t15-/m1/s1. The van der Waals surface area contributed by atoms with Gasteiger partial charge in [0.05, 0.1) is 17.8 Å². The van der Waals surface area contributed by atoms with Gasteiger partial charge < -0.3 is 9.88 Å². The molecule has 0 unspecified atom stereocenters. The molecule has 7 nitrogen and oxygen atoms in total. The minimum absolute atomic E-state index is 0.00809. The van der Waals surface area contributed by atoms with E-state index in [0.717, 1.165) is 12.1 Å². The van der Waals surface area contributed by atoms with Gasteiger partial charge in [-0.25, -0.2) is 13.4 Å². The maximum Gasteiger partial charge on any atom is 0.416 e. The van der Waals surface area contributed by atoms with Gasteiger partial charge in [-0.15, -0.1) is 0 Å². The molecular formula is C20H25F3N4O3S. The maximum absolute atomic E-state index is 13.0. The molecule has 1 atom stereocenters. The molecule has 0 saturated carbocycles. The average molecular weight is 459 g/mol. The van der Waals surface area contributed by atoms with Gasteiger partial charge in [-0.3, -0.25) is 4.79 Å². The van der Waals surface area contributed by atoms with Gasteiger partial charge in [-0.1, -0.05) is 13.8 Å². The summed E-state index contributed by atoms with van der Waals surface area (Å²) in [6, 6.07) is 4.14. The van der Waals surface area contributed by atoms with Crippen LogP contribution in [0, 0.1) is 11.8 Å². The molecule has 31 heavy (non-hydrogen) atoms. The molecule has 1 N–H and O–H groups in total. The largest absolute Gasteiger partial charge is 0.416 e. The van der Waals surface area contributed by atoms with E-state index in [0.29, 0.717) is 25.3 Å². The Balaban J connectivity index is 1.66. The highest BCUT2D eigenvalue weighted by Crippen LogP contribution is 2.30. The first-order valence-electron chi connectivity index (χ1n) is 9.97. The lowest BCUT2D eigenvalue weighted by atomic mass is 9.98. The summed E-state index contributed by atoms with van der Waals surface area (Å²) in [6.45, 7) is 4.94. The fourth-order valence-corrected chi connectivity index (χ4v) is 4.95. The summed E-state index contributed by atoms with van der Waals surface area (Å²) < 4.78 is 66.9. The maximum atomic E-state index is 13.0. The van der Waals surface area contributed by atoms with Crippen LogP contribution in [0.1, 0.15) is 32.3 Å². The van der Waals surface area contributed by atoms with Crippen LogP contribution < -0.4 is 5.32 Å². The number of piperidine rings is 1. The number of carbonyl (C=O) groups is 1. The predicted octanol–water partition coefficient (Wildman–Crippen LogP) is 3.60. The van der Waals surface area contributed by atoms with Gasteiger partial charge in [-0.05, 0) is 43.0 Å². The minimum Gasteiger partial charge on any atom is -0.336 e. The fourth-order valence-electron chi connectivity index (χ4n) is 3.49. The van der Waals surface area contributed by atoms with Crippen molar-refractivity contribution in [1.29, 1.82) is 0 Å². The lowest BCUT2D eigenvalue weighted by Gasteiger charge is -2.30. The highest BCUT2D eigenvalue weighted by atomic mass is 32.2. The minimum atomic E-state index is -4.46. The zero-order chi connectivity index (χ0) is 22.8. The summed E-state index contributed by atoms with van der Waals surface area (Å²) in [5.74, 6) is -0.702. The zero-order valence-electron chi connectivity index (χ0n) is 17.3. The number of nitrogens with one attached hydrogen (secondary N) is 1. The van der Waals surface area contributed by atoms with Crippen molar-refractivity contribution in [3.8, 4) is 0 Å². The van der Waals surface area contributed by atoms with Crippen LogP contribution in [0.15, 0.2) is 41.8 Å². The zero-order valence-corrected chi connectivity index (χ0v) is 18.1. The van der Waals surface area contributed by atoms with E-state index in [-0.39, 0.29) is 23.8 Å². The first-order valence-corrected chi connectivity index (χ1v) is 11.4. The van der Waals surface area contributed by atoms with Crippen LogP contribution in [0.2, 0.25) is 0 Å². The smallest absolute Gasteiger partial charge is 0.336 e. The summed E-state index contributed by atoms with van der Waals surface area (Å²) in [7, 11) is -3.84. The number of hydrogen-bond acceptors (Lipinski definition) is 4. The van der Waals surface area contributed by atoms with E-state index >= 15 is 0 Å². The van der Waals surface area contributed by atoms with E-state index in [4.69, 9.17) is 0 Å². The second-order valence-electron chi connectivity index (χ2n) is 8.07. The van der Waals surface area contributed by atoms with Crippen molar-refractivity contribution in [1.82, 2.24) is 13.9 Å². The Morgan fingerprint density at radius 1 is 1.26 bits per heavy atom. The fraction of sp³-hybridized carbons (Fsp3) is 0.500. The van der Waals surface area contributed by atoms with Crippen molar-refractivity contribution in [2.45, 2.75) is 44.4 Å². The second-order valence-corrected chi connectivity index (χ2v) is 9.95. The number of alkyl halides is 3. The van der Waals surface area contributed by atoms with Crippen LogP contribution in [0.25, 0.3) is 0 Å². The number of amides is 1. The summed E-state index contributed by atoms with van der Waals surface area (Å²) in [5.41, 5.74) is -0.581. The topological polar surface area (TPSA) is 84.3 Å². The monoisotopic (exact) mass is 458 g/mol. The number of rotatable bonds is 6. The van der Waals surface area contributed by atoms with Gasteiger partial charge in [-0.2, -0.15) is 17.5 Å². The Morgan fingerprint density at radius 2 is 1.94 bits per heavy atom. The summed E-state index contributed by atoms with van der Waals surface area (Å²) in [6.07, 6.45) is -0.507. The van der Waals surface area contributed by atoms with E-state index in [1.807, 2.05) is 13.8 Å². The number of carbonyl (C=O) groups excluding carboxylic acids is 1. The van der Waals surface area contributed by atoms with E-state index in [9.17, 15) is 26.4 Å². The highest BCUT2D eigenvalue weighted by molar-refractivity contribution is 7.89. The first-order chi connectivity index (χ1) is 14.5. The lowest BCUT2D eigenvalue weighted by Crippen LogP contribution is -2.43. The van der Waals surface area contributed by atoms with Crippen molar-refractivity contribution in [2.75, 3.05) is 18.4 Å². The normalized spacial score (nSPS) is 18.3. The average Bonchev–Trinajstić information content (AvgIpc) is 3.16. The molecule has 0 radical (unpaired) electrons. The molecule has 1 aromatic heterocycles. The van der Waals surface area contributed by atoms with Gasteiger partial charge in [0.25, 0.3) is 10.0 Å². The SMILES string of the molecule is CC(C)Cn1cnc(S(=O)(=O)N2CCC[C@@H](C(=O)Nc3ccc(C(F)(F)F)cc3)C2)c1. The van der Waals surface area contributed by atoms with Crippen molar-refractivity contribution < 1.29 is 26.4 Å². The Hall–Kier alpha value is -2.40. The van der Waals surface area contributed by atoms with Gasteiger partial charge in [0, 0.05) is 31.5 Å². The summed E-state index contributed by atoms with van der Waals surface area (Å²) in [5, 5.41) is 2.52. The van der Waals surface area contributed by atoms with E-state index in [1.165, 1.54) is 29.0 Å². The van der Waals surface area contributed by atoms with Crippen LogP contribution >= 0.6 is 0 Å². The van der Waals surface area contributed by atoms with Crippen molar-refractivity contribution >= 4 is 21.6 Å². The third-order valence-electron chi connectivity index (χ3n) is 5.02. The number of aromatic nitrogens is 2. The molecule has 2 heterocycles. The molecule has 0 aliphatic carbocycles. The molecule has 3 rings (SSSR count). The molecular weight excluding hydrogens is 433 g/mol. The summed E-state index contributed by atoms with van der Waals surface area (Å²) >= 11 is 0. The van der Waals surface area contributed by atoms with Crippen molar-refractivity contribution in [2.24, 2.45) is 11.8 Å². The van der Waals surface area contributed by atoms with Gasteiger partial charge in [0.1, 0.15) is 0 Å². The van der Waals surface area contributed by atoms with Crippen molar-refractivity contribution in [3.63, 3.8) is 0 Å². The molecule has 1 fully saturated rings. The van der Waals surface area contributed by atoms with E-state index in [2.05, 4.69) is 10.3 Å². The van der Waals surface area contributed by atoms with Crippen LogP contribution in [-0.2, 0) is 27.5 Å². The summed E-state index contributed by atoms with van der Waals surface area (Å²) in [4.78, 5) is 16.6. The molecule has 1 saturated heterocycles. The molecule has 0 bridgehead atoms. The van der Waals surface area contributed by atoms with Crippen LogP contribution in [0.4, 0.5) is 18.9 Å². The molecule has 1 amide bonds. The highest BCUT2D eigenvalue weighted by Gasteiger charge is 2.35. The first kappa shape index (κ1) is 23.3. The Labute approximate surface area is 179 Å². The Kier molecular flexibility index (Phi) is 6.75. The van der Waals surface area contributed by atoms with Crippen molar-refractivity contribution in [3.05, 3.63) is 42.4 Å². The number of hydrogen-bond donors (Lipinski definition) is 1. The Bertz CT molecular complexity index is 1020.